The van der Waals surface area contributed by atoms with Crippen molar-refractivity contribution in [3.63, 3.8) is 0 Å². The van der Waals surface area contributed by atoms with Crippen LogP contribution in [0.15, 0.2) is 12.1 Å². The second kappa shape index (κ2) is 4.69. The first-order chi connectivity index (χ1) is 8.79. The highest BCUT2D eigenvalue weighted by Crippen LogP contribution is 2.33. The Hall–Kier alpha value is -1.42. The van der Waals surface area contributed by atoms with Crippen LogP contribution in [0, 0.1) is 6.92 Å². The predicted octanol–water partition coefficient (Wildman–Crippen LogP) is 2.20. The van der Waals surface area contributed by atoms with Gasteiger partial charge in [-0.1, -0.05) is 12.8 Å². The van der Waals surface area contributed by atoms with Crippen molar-refractivity contribution in [2.24, 2.45) is 5.73 Å². The Kier molecular flexibility index (Phi) is 3.04. The zero-order valence-electron chi connectivity index (χ0n) is 10.9. The lowest BCUT2D eigenvalue weighted by Gasteiger charge is -2.09. The number of imidazole rings is 1. The van der Waals surface area contributed by atoms with Gasteiger partial charge in [0.2, 0.25) is 0 Å². The molecule has 0 aromatic carbocycles. The maximum absolute atomic E-state index is 5.67. The molecule has 0 aliphatic heterocycles. The quantitative estimate of drug-likeness (QED) is 0.900. The topological polar surface area (TPSA) is 56.2 Å². The van der Waals surface area contributed by atoms with E-state index >= 15 is 0 Å². The summed E-state index contributed by atoms with van der Waals surface area (Å²) < 4.78 is 2.00. The minimum atomic E-state index is 0.642. The average Bonchev–Trinajstić information content (AvgIpc) is 2.98. The maximum atomic E-state index is 5.67. The molecule has 1 aliphatic rings. The molecule has 3 rings (SSSR count). The molecule has 1 saturated carbocycles. The lowest BCUT2D eigenvalue weighted by atomic mass is 10.0. The van der Waals surface area contributed by atoms with E-state index < -0.39 is 0 Å². The van der Waals surface area contributed by atoms with Crippen LogP contribution in [0.1, 0.15) is 48.7 Å². The molecule has 0 saturated heterocycles. The molecule has 4 nitrogen and oxygen atoms in total. The van der Waals surface area contributed by atoms with Crippen LogP contribution in [0.25, 0.3) is 5.65 Å². The van der Waals surface area contributed by atoms with Gasteiger partial charge in [0.25, 0.3) is 0 Å². The number of nitrogens with zero attached hydrogens (tertiary/aromatic N) is 3. The zero-order chi connectivity index (χ0) is 12.5. The predicted molar refractivity (Wildman–Crippen MR) is 71.7 cm³/mol. The van der Waals surface area contributed by atoms with Crippen LogP contribution in [-0.2, 0) is 6.42 Å². The van der Waals surface area contributed by atoms with Crippen molar-refractivity contribution in [3.8, 4) is 0 Å². The van der Waals surface area contributed by atoms with Gasteiger partial charge >= 0.3 is 0 Å². The molecular formula is C14H20N4. The van der Waals surface area contributed by atoms with Crippen LogP contribution in [0.4, 0.5) is 0 Å². The molecule has 0 amide bonds. The molecule has 1 aliphatic carbocycles. The molecule has 4 heteroatoms. The number of aromatic nitrogens is 3. The van der Waals surface area contributed by atoms with E-state index in [2.05, 4.69) is 17.1 Å². The second-order valence-electron chi connectivity index (χ2n) is 5.19. The summed E-state index contributed by atoms with van der Waals surface area (Å²) in [6.45, 7) is 2.68. The average molecular weight is 244 g/mol. The van der Waals surface area contributed by atoms with Gasteiger partial charge in [0.15, 0.2) is 5.65 Å². The van der Waals surface area contributed by atoms with E-state index in [9.17, 15) is 0 Å². The largest absolute Gasteiger partial charge is 0.330 e. The summed E-state index contributed by atoms with van der Waals surface area (Å²) in [6.07, 6.45) is 6.07. The molecule has 2 aromatic rings. The Balaban J connectivity index is 2.06. The highest BCUT2D eigenvalue weighted by atomic mass is 15.3. The van der Waals surface area contributed by atoms with Crippen molar-refractivity contribution < 1.29 is 0 Å². The van der Waals surface area contributed by atoms with E-state index in [4.69, 9.17) is 10.8 Å². The molecule has 0 radical (unpaired) electrons. The van der Waals surface area contributed by atoms with E-state index in [0.29, 0.717) is 12.5 Å². The van der Waals surface area contributed by atoms with E-state index in [1.54, 1.807) is 0 Å². The first kappa shape index (κ1) is 11.7. The number of nitrogens with two attached hydrogens (primary N) is 1. The third-order valence-electron chi connectivity index (χ3n) is 3.95. The zero-order valence-corrected chi connectivity index (χ0v) is 10.9. The second-order valence-corrected chi connectivity index (χ2v) is 5.19. The van der Waals surface area contributed by atoms with Crippen molar-refractivity contribution in [3.05, 3.63) is 29.2 Å². The van der Waals surface area contributed by atoms with Gasteiger partial charge in [-0.2, -0.15) is 5.10 Å². The lowest BCUT2D eigenvalue weighted by molar-refractivity contribution is 0.663. The fourth-order valence-corrected chi connectivity index (χ4v) is 2.97. The molecule has 18 heavy (non-hydrogen) atoms. The fraction of sp³-hybridized carbons (Fsp3) is 0.571. The molecule has 0 unspecified atom stereocenters. The van der Waals surface area contributed by atoms with Gasteiger partial charge in [0.05, 0.1) is 17.1 Å². The molecule has 2 heterocycles. The highest BCUT2D eigenvalue weighted by molar-refractivity contribution is 5.42. The van der Waals surface area contributed by atoms with E-state index in [1.165, 1.54) is 31.4 Å². The number of hydrogen-bond donors (Lipinski definition) is 1. The van der Waals surface area contributed by atoms with Gasteiger partial charge in [-0.15, -0.1) is 0 Å². The summed E-state index contributed by atoms with van der Waals surface area (Å²) >= 11 is 0. The molecule has 0 spiro atoms. The number of aryl methyl sites for hydroxylation is 1. The molecule has 2 N–H and O–H groups in total. The Morgan fingerprint density at radius 1 is 1.33 bits per heavy atom. The van der Waals surface area contributed by atoms with Gasteiger partial charge in [-0.05, 0) is 38.4 Å². The minimum absolute atomic E-state index is 0.642. The van der Waals surface area contributed by atoms with Crippen molar-refractivity contribution in [1.82, 2.24) is 14.6 Å². The summed E-state index contributed by atoms with van der Waals surface area (Å²) in [5.41, 5.74) is 10.0. The first-order valence-corrected chi connectivity index (χ1v) is 6.85. The Morgan fingerprint density at radius 2 is 2.11 bits per heavy atom. The standard InChI is InChI=1S/C14H20N4/c1-10-13(8-9-15)18-14(16-10)7-6-12(17-18)11-4-2-3-5-11/h6-7,11H,2-5,8-9,15H2,1H3. The van der Waals surface area contributed by atoms with Gasteiger partial charge in [0, 0.05) is 12.3 Å². The number of rotatable bonds is 3. The van der Waals surface area contributed by atoms with Crippen molar-refractivity contribution >= 4 is 5.65 Å². The third kappa shape index (κ3) is 1.90. The minimum Gasteiger partial charge on any atom is -0.330 e. The maximum Gasteiger partial charge on any atom is 0.154 e. The summed E-state index contributed by atoms with van der Waals surface area (Å²) in [4.78, 5) is 4.54. The van der Waals surface area contributed by atoms with Gasteiger partial charge < -0.3 is 5.73 Å². The van der Waals surface area contributed by atoms with E-state index in [-0.39, 0.29) is 0 Å². The first-order valence-electron chi connectivity index (χ1n) is 6.85. The summed E-state index contributed by atoms with van der Waals surface area (Å²) in [5, 5.41) is 4.80. The molecule has 2 aromatic heterocycles. The molecule has 0 bridgehead atoms. The van der Waals surface area contributed by atoms with E-state index in [0.717, 1.165) is 23.5 Å². The Labute approximate surface area is 107 Å². The molecule has 0 atom stereocenters. The molecule has 96 valence electrons. The Morgan fingerprint density at radius 3 is 2.83 bits per heavy atom. The van der Waals surface area contributed by atoms with Crippen molar-refractivity contribution in [2.45, 2.75) is 44.9 Å². The third-order valence-corrected chi connectivity index (χ3v) is 3.95. The van der Waals surface area contributed by atoms with Crippen LogP contribution < -0.4 is 5.73 Å². The van der Waals surface area contributed by atoms with Gasteiger partial charge in [-0.3, -0.25) is 0 Å². The summed E-state index contributed by atoms with van der Waals surface area (Å²) in [5.74, 6) is 0.642. The lowest BCUT2D eigenvalue weighted by Crippen LogP contribution is -2.09. The van der Waals surface area contributed by atoms with Gasteiger partial charge in [-0.25, -0.2) is 9.50 Å². The number of fused-ring (bicyclic) bond motifs is 1. The Bertz CT molecular complexity index is 552. The molecular weight excluding hydrogens is 224 g/mol. The monoisotopic (exact) mass is 244 g/mol. The summed E-state index contributed by atoms with van der Waals surface area (Å²) in [7, 11) is 0. The smallest absolute Gasteiger partial charge is 0.154 e. The highest BCUT2D eigenvalue weighted by Gasteiger charge is 2.19. The van der Waals surface area contributed by atoms with Crippen LogP contribution in [0.2, 0.25) is 0 Å². The van der Waals surface area contributed by atoms with Crippen molar-refractivity contribution in [1.29, 1.82) is 0 Å². The molecule has 1 fully saturated rings. The normalized spacial score (nSPS) is 16.8. The number of hydrogen-bond acceptors (Lipinski definition) is 3. The van der Waals surface area contributed by atoms with Crippen LogP contribution >= 0.6 is 0 Å². The van der Waals surface area contributed by atoms with Crippen LogP contribution in [0.5, 0.6) is 0 Å². The van der Waals surface area contributed by atoms with E-state index in [1.807, 2.05) is 11.4 Å². The summed E-state index contributed by atoms with van der Waals surface area (Å²) in [6, 6.07) is 4.23. The van der Waals surface area contributed by atoms with Gasteiger partial charge in [0.1, 0.15) is 0 Å². The fourth-order valence-electron chi connectivity index (χ4n) is 2.97. The van der Waals surface area contributed by atoms with Crippen molar-refractivity contribution in [2.75, 3.05) is 6.54 Å². The van der Waals surface area contributed by atoms with Crippen LogP contribution in [-0.4, -0.2) is 21.1 Å². The SMILES string of the molecule is Cc1nc2ccc(C3CCCC3)nn2c1CCN. The van der Waals surface area contributed by atoms with Crippen LogP contribution in [0.3, 0.4) is 0 Å².